The van der Waals surface area contributed by atoms with E-state index in [9.17, 15) is 10.1 Å². The van der Waals surface area contributed by atoms with Crippen molar-refractivity contribution < 1.29 is 9.91 Å². The molecular weight excluding hydrogens is 340 g/mol. The van der Waals surface area contributed by atoms with Gasteiger partial charge in [-0.1, -0.05) is 36.4 Å². The molecule has 0 aliphatic rings. The van der Waals surface area contributed by atoms with Gasteiger partial charge in [0.15, 0.2) is 0 Å². The van der Waals surface area contributed by atoms with Crippen molar-refractivity contribution in [3.05, 3.63) is 99.9 Å². The van der Waals surface area contributed by atoms with Gasteiger partial charge in [-0.3, -0.25) is 15.4 Å². The summed E-state index contributed by atoms with van der Waals surface area (Å²) in [6.07, 6.45) is 1.84. The summed E-state index contributed by atoms with van der Waals surface area (Å²) >= 11 is 0. The van der Waals surface area contributed by atoms with Gasteiger partial charge in [-0.2, -0.15) is 0 Å². The number of nitrogens with zero attached hydrogens (tertiary/aromatic N) is 1. The largest absolute Gasteiger partial charge is 0.358 e. The molecule has 3 N–H and O–H groups in total. The Hall–Kier alpha value is -3.67. The molecule has 4 aromatic rings. The van der Waals surface area contributed by atoms with Crippen LogP contribution in [0.15, 0.2) is 72.9 Å². The van der Waals surface area contributed by atoms with Gasteiger partial charge in [0.05, 0.1) is 11.1 Å². The van der Waals surface area contributed by atoms with E-state index in [-0.39, 0.29) is 16.7 Å². The maximum absolute atomic E-state index is 11.3. The Kier molecular flexibility index (Phi) is 4.30. The molecule has 0 bridgehead atoms. The number of pyridine rings is 1. The molecule has 0 saturated carbocycles. The summed E-state index contributed by atoms with van der Waals surface area (Å²) in [4.78, 5) is 17.5. The first kappa shape index (κ1) is 16.8. The molecule has 0 aliphatic carbocycles. The van der Waals surface area contributed by atoms with Gasteiger partial charge in [0, 0.05) is 45.9 Å². The predicted molar refractivity (Wildman–Crippen MR) is 105 cm³/mol. The fraction of sp³-hybridized carbons (Fsp3) is 0.0952. The molecule has 0 spiro atoms. The zero-order valence-corrected chi connectivity index (χ0v) is 14.8. The number of aromatic amines is 2. The van der Waals surface area contributed by atoms with Crippen LogP contribution in [0, 0.1) is 17.0 Å². The number of hydrogen-bond donors (Lipinski definition) is 2. The van der Waals surface area contributed by atoms with E-state index >= 15 is 0 Å². The van der Waals surface area contributed by atoms with Gasteiger partial charge in [0.2, 0.25) is 0 Å². The second-order valence-electron chi connectivity index (χ2n) is 6.41. The highest BCUT2D eigenvalue weighted by atomic mass is 16.6. The smallest absolute Gasteiger partial charge is 0.272 e. The van der Waals surface area contributed by atoms with Crippen LogP contribution in [0.25, 0.3) is 10.9 Å². The highest BCUT2D eigenvalue weighted by molar-refractivity contribution is 5.86. The Balaban J connectivity index is 1.89. The van der Waals surface area contributed by atoms with Crippen molar-refractivity contribution >= 4 is 22.4 Å². The zero-order valence-electron chi connectivity index (χ0n) is 14.8. The van der Waals surface area contributed by atoms with Gasteiger partial charge in [-0.15, -0.1) is 0 Å². The lowest BCUT2D eigenvalue weighted by Crippen LogP contribution is -2.19. The molecule has 4 rings (SSSR count). The second kappa shape index (κ2) is 6.92. The Morgan fingerprint density at radius 1 is 1.07 bits per heavy atom. The van der Waals surface area contributed by atoms with Gasteiger partial charge >= 0.3 is 0 Å². The maximum atomic E-state index is 11.3. The number of para-hydroxylation sites is 1. The highest BCUT2D eigenvalue weighted by Gasteiger charge is 2.26. The molecule has 0 saturated heterocycles. The van der Waals surface area contributed by atoms with Crippen LogP contribution < -0.4 is 10.3 Å². The Morgan fingerprint density at radius 3 is 2.67 bits per heavy atom. The minimum absolute atomic E-state index is 0.0776. The Morgan fingerprint density at radius 2 is 1.89 bits per heavy atom. The summed E-state index contributed by atoms with van der Waals surface area (Å²) in [5.74, 6) is 0.832. The number of hydrogen-bond acceptors (Lipinski definition) is 3. The lowest BCUT2D eigenvalue weighted by molar-refractivity contribution is -0.384. The van der Waals surface area contributed by atoms with Crippen molar-refractivity contribution in [3.8, 4) is 0 Å². The molecule has 0 radical (unpaired) electrons. The number of rotatable bonds is 5. The van der Waals surface area contributed by atoms with Crippen LogP contribution in [0.4, 0.5) is 11.5 Å². The normalized spacial score (nSPS) is 12.0. The topological polar surface area (TPSA) is 85.1 Å². The van der Waals surface area contributed by atoms with Crippen molar-refractivity contribution in [2.45, 2.75) is 13.0 Å². The van der Waals surface area contributed by atoms with Crippen LogP contribution in [0.5, 0.6) is 0 Å². The van der Waals surface area contributed by atoms with Gasteiger partial charge in [-0.05, 0) is 19.1 Å². The minimum Gasteiger partial charge on any atom is -0.358 e. The molecule has 6 heteroatoms. The Labute approximate surface area is 156 Å². The van der Waals surface area contributed by atoms with E-state index in [2.05, 4.69) is 21.4 Å². The molecule has 0 aliphatic heterocycles. The molecular formula is C21H19N4O2+. The van der Waals surface area contributed by atoms with Crippen molar-refractivity contribution in [2.24, 2.45) is 0 Å². The van der Waals surface area contributed by atoms with Crippen LogP contribution >= 0.6 is 0 Å². The van der Waals surface area contributed by atoms with Crippen LogP contribution in [0.1, 0.15) is 22.9 Å². The van der Waals surface area contributed by atoms with Gasteiger partial charge in [0.25, 0.3) is 11.5 Å². The quantitative estimate of drug-likeness (QED) is 0.409. The maximum Gasteiger partial charge on any atom is 0.272 e. The van der Waals surface area contributed by atoms with Crippen LogP contribution in [-0.4, -0.2) is 9.91 Å². The SMILES string of the molecule is Cc1[nH]c2ccccc2c1[C@@H](Nc1cccc[nH+]1)c1cccc([N+](=O)[O-])c1. The standard InChI is InChI=1S/C21H18N4O2/c1-14-20(17-9-2-3-10-18(17)23-14)21(24-19-11-4-5-12-22-19)15-7-6-8-16(13-15)25(26)27/h2-13,21,23H,1H3,(H,22,24)/p+1/t21-/m0/s1. The number of aromatic nitrogens is 2. The average Bonchev–Trinajstić information content (AvgIpc) is 3.02. The van der Waals surface area contributed by atoms with Crippen molar-refractivity contribution in [1.29, 1.82) is 0 Å². The van der Waals surface area contributed by atoms with Gasteiger partial charge in [0.1, 0.15) is 6.04 Å². The summed E-state index contributed by atoms with van der Waals surface area (Å²) in [6.45, 7) is 2.02. The number of anilines is 1. The van der Waals surface area contributed by atoms with E-state index in [1.807, 2.05) is 55.6 Å². The molecule has 6 nitrogen and oxygen atoms in total. The van der Waals surface area contributed by atoms with E-state index in [0.717, 1.165) is 33.5 Å². The summed E-state index contributed by atoms with van der Waals surface area (Å²) in [5, 5.41) is 15.9. The number of nitro groups is 1. The Bertz CT molecular complexity index is 1110. The van der Waals surface area contributed by atoms with E-state index in [0.29, 0.717) is 0 Å². The summed E-state index contributed by atoms with van der Waals surface area (Å²) < 4.78 is 0. The predicted octanol–water partition coefficient (Wildman–Crippen LogP) is 4.40. The number of benzene rings is 2. The zero-order chi connectivity index (χ0) is 18.8. The van der Waals surface area contributed by atoms with Crippen LogP contribution in [-0.2, 0) is 0 Å². The third kappa shape index (κ3) is 3.25. The van der Waals surface area contributed by atoms with Crippen molar-refractivity contribution in [1.82, 2.24) is 4.98 Å². The third-order valence-corrected chi connectivity index (χ3v) is 4.66. The molecule has 2 aromatic carbocycles. The molecule has 1 atom stereocenters. The molecule has 0 amide bonds. The molecule has 2 aromatic heterocycles. The van der Waals surface area contributed by atoms with E-state index in [1.54, 1.807) is 12.1 Å². The van der Waals surface area contributed by atoms with E-state index in [1.165, 1.54) is 6.07 Å². The first-order valence-electron chi connectivity index (χ1n) is 8.68. The van der Waals surface area contributed by atoms with Crippen LogP contribution in [0.2, 0.25) is 0 Å². The number of nitrogens with one attached hydrogen (secondary N) is 3. The lowest BCUT2D eigenvalue weighted by Gasteiger charge is -2.16. The molecule has 0 unspecified atom stereocenters. The minimum atomic E-state index is -0.364. The fourth-order valence-electron chi connectivity index (χ4n) is 3.45. The van der Waals surface area contributed by atoms with Crippen LogP contribution in [0.3, 0.4) is 0 Å². The fourth-order valence-corrected chi connectivity index (χ4v) is 3.45. The highest BCUT2D eigenvalue weighted by Crippen LogP contribution is 2.34. The molecule has 2 heterocycles. The first-order valence-corrected chi connectivity index (χ1v) is 8.68. The number of H-pyrrole nitrogens is 2. The lowest BCUT2D eigenvalue weighted by atomic mass is 9.95. The number of nitro benzene ring substituents is 1. The summed E-state index contributed by atoms with van der Waals surface area (Å²) in [5.41, 5.74) is 4.04. The van der Waals surface area contributed by atoms with Crippen molar-refractivity contribution in [3.63, 3.8) is 0 Å². The monoisotopic (exact) mass is 359 g/mol. The summed E-state index contributed by atoms with van der Waals surface area (Å²) in [6, 6.07) is 20.4. The molecule has 134 valence electrons. The van der Waals surface area contributed by atoms with Crippen molar-refractivity contribution in [2.75, 3.05) is 5.32 Å². The van der Waals surface area contributed by atoms with Gasteiger partial charge in [-0.25, -0.2) is 4.98 Å². The second-order valence-corrected chi connectivity index (χ2v) is 6.41. The first-order chi connectivity index (χ1) is 13.1. The summed E-state index contributed by atoms with van der Waals surface area (Å²) in [7, 11) is 0. The molecule has 27 heavy (non-hydrogen) atoms. The number of non-ortho nitro benzene ring substituents is 1. The van der Waals surface area contributed by atoms with E-state index < -0.39 is 0 Å². The number of aryl methyl sites for hydroxylation is 1. The van der Waals surface area contributed by atoms with E-state index in [4.69, 9.17) is 0 Å². The molecule has 0 fully saturated rings. The third-order valence-electron chi connectivity index (χ3n) is 4.66. The van der Waals surface area contributed by atoms with Gasteiger partial charge < -0.3 is 4.98 Å². The number of fused-ring (bicyclic) bond motifs is 1. The average molecular weight is 359 g/mol.